The van der Waals surface area contributed by atoms with Crippen molar-refractivity contribution in [3.05, 3.63) is 71.9 Å². The summed E-state index contributed by atoms with van der Waals surface area (Å²) in [5.74, 6) is -0.0725. The van der Waals surface area contributed by atoms with Crippen LogP contribution in [0.1, 0.15) is 29.4 Å². The maximum Gasteiger partial charge on any atom is 0.328 e. The van der Waals surface area contributed by atoms with Crippen LogP contribution in [0.2, 0.25) is 0 Å². The number of aryl methyl sites for hydroxylation is 1. The minimum Gasteiger partial charge on any atom is -0.294 e. The van der Waals surface area contributed by atoms with Gasteiger partial charge < -0.3 is 0 Å². The molecule has 0 saturated carbocycles. The zero-order valence-electron chi connectivity index (χ0n) is 17.0. The SMILES string of the molecule is CC(=O)c1cccc(-c2ccc3c(c2)N(C(=O)Nc2nc4ccccc4s2)CCC3)n1. The fourth-order valence-electron chi connectivity index (χ4n) is 3.82. The van der Waals surface area contributed by atoms with Gasteiger partial charge >= 0.3 is 6.03 Å². The lowest BCUT2D eigenvalue weighted by Crippen LogP contribution is -2.38. The average Bonchev–Trinajstić information content (AvgIpc) is 3.20. The number of anilines is 2. The van der Waals surface area contributed by atoms with Gasteiger partial charge in [0.1, 0.15) is 5.69 Å². The smallest absolute Gasteiger partial charge is 0.294 e. The molecule has 1 aliphatic heterocycles. The highest BCUT2D eigenvalue weighted by Crippen LogP contribution is 2.33. The van der Waals surface area contributed by atoms with Crippen molar-refractivity contribution < 1.29 is 9.59 Å². The van der Waals surface area contributed by atoms with Gasteiger partial charge in [-0.1, -0.05) is 41.7 Å². The van der Waals surface area contributed by atoms with Crippen molar-refractivity contribution >= 4 is 44.2 Å². The molecule has 0 saturated heterocycles. The Balaban J connectivity index is 1.45. The van der Waals surface area contributed by atoms with E-state index in [4.69, 9.17) is 0 Å². The molecule has 2 aromatic carbocycles. The maximum atomic E-state index is 13.1. The fraction of sp³-hybridized carbons (Fsp3) is 0.167. The second-order valence-corrected chi connectivity index (χ2v) is 8.51. The lowest BCUT2D eigenvalue weighted by molar-refractivity contribution is 0.101. The highest BCUT2D eigenvalue weighted by Gasteiger charge is 2.24. The van der Waals surface area contributed by atoms with E-state index in [9.17, 15) is 9.59 Å². The van der Waals surface area contributed by atoms with Crippen molar-refractivity contribution in [2.24, 2.45) is 0 Å². The first-order chi connectivity index (χ1) is 15.1. The van der Waals surface area contributed by atoms with Crippen LogP contribution in [-0.4, -0.2) is 28.3 Å². The monoisotopic (exact) mass is 428 g/mol. The summed E-state index contributed by atoms with van der Waals surface area (Å²) in [6.07, 6.45) is 1.82. The summed E-state index contributed by atoms with van der Waals surface area (Å²) in [6.45, 7) is 2.14. The largest absolute Gasteiger partial charge is 0.328 e. The third-order valence-electron chi connectivity index (χ3n) is 5.36. The summed E-state index contributed by atoms with van der Waals surface area (Å²) in [6, 6.07) is 19.1. The van der Waals surface area contributed by atoms with E-state index < -0.39 is 0 Å². The van der Waals surface area contributed by atoms with Gasteiger partial charge in [0.05, 0.1) is 15.9 Å². The summed E-state index contributed by atoms with van der Waals surface area (Å²) in [4.78, 5) is 35.6. The van der Waals surface area contributed by atoms with Crippen molar-refractivity contribution in [1.29, 1.82) is 0 Å². The van der Waals surface area contributed by atoms with Crippen LogP contribution in [0.5, 0.6) is 0 Å². The molecule has 3 heterocycles. The zero-order chi connectivity index (χ0) is 21.4. The standard InChI is InChI=1S/C24H20N4O2S/c1-15(29)18-8-4-9-19(25-18)17-12-11-16-6-5-13-28(21(16)14-17)24(30)27-23-26-20-7-2-3-10-22(20)31-23/h2-4,7-12,14H,5-6,13H2,1H3,(H,26,27,30). The van der Waals surface area contributed by atoms with E-state index in [0.717, 1.165) is 39.9 Å². The molecule has 0 spiro atoms. The Labute approximate surface area is 183 Å². The molecule has 7 heteroatoms. The van der Waals surface area contributed by atoms with Crippen LogP contribution in [0, 0.1) is 0 Å². The van der Waals surface area contributed by atoms with Crippen LogP contribution in [-0.2, 0) is 6.42 Å². The third kappa shape index (κ3) is 3.80. The van der Waals surface area contributed by atoms with Crippen molar-refractivity contribution in [1.82, 2.24) is 9.97 Å². The number of fused-ring (bicyclic) bond motifs is 2. The second kappa shape index (κ2) is 7.92. The van der Waals surface area contributed by atoms with Gasteiger partial charge in [0.25, 0.3) is 0 Å². The molecular weight excluding hydrogens is 408 g/mol. The Morgan fingerprint density at radius 2 is 1.90 bits per heavy atom. The number of benzene rings is 2. The Hall–Kier alpha value is -3.58. The number of para-hydroxylation sites is 1. The number of nitrogens with one attached hydrogen (secondary N) is 1. The normalized spacial score (nSPS) is 13.1. The van der Waals surface area contributed by atoms with E-state index in [1.54, 1.807) is 11.0 Å². The molecule has 2 aromatic heterocycles. The van der Waals surface area contributed by atoms with Gasteiger partial charge in [-0.15, -0.1) is 0 Å². The van der Waals surface area contributed by atoms with Gasteiger partial charge in [-0.3, -0.25) is 15.0 Å². The maximum absolute atomic E-state index is 13.1. The molecule has 6 nitrogen and oxygen atoms in total. The quantitative estimate of drug-likeness (QED) is 0.434. The summed E-state index contributed by atoms with van der Waals surface area (Å²) in [5.41, 5.74) is 4.89. The predicted octanol–water partition coefficient (Wildman–Crippen LogP) is 5.55. The minimum atomic E-state index is -0.192. The Kier molecular flexibility index (Phi) is 4.95. The van der Waals surface area contributed by atoms with Crippen molar-refractivity contribution in [3.63, 3.8) is 0 Å². The number of aromatic nitrogens is 2. The molecule has 4 aromatic rings. The number of thiazole rings is 1. The predicted molar refractivity (Wildman–Crippen MR) is 124 cm³/mol. The highest BCUT2D eigenvalue weighted by atomic mass is 32.1. The number of carbonyl (C=O) groups excluding carboxylic acids is 2. The van der Waals surface area contributed by atoms with Gasteiger partial charge in [-0.05, 0) is 48.7 Å². The summed E-state index contributed by atoms with van der Waals surface area (Å²) in [5, 5.41) is 3.55. The minimum absolute atomic E-state index is 0.0725. The summed E-state index contributed by atoms with van der Waals surface area (Å²) < 4.78 is 1.04. The van der Waals surface area contributed by atoms with E-state index in [0.29, 0.717) is 23.1 Å². The molecule has 2 amide bonds. The first kappa shape index (κ1) is 19.4. The van der Waals surface area contributed by atoms with Crippen LogP contribution >= 0.6 is 11.3 Å². The van der Waals surface area contributed by atoms with E-state index in [1.807, 2.05) is 54.6 Å². The van der Waals surface area contributed by atoms with Gasteiger partial charge in [-0.25, -0.2) is 14.8 Å². The number of nitrogens with zero attached hydrogens (tertiary/aromatic N) is 3. The third-order valence-corrected chi connectivity index (χ3v) is 6.31. The molecule has 0 fully saturated rings. The number of Topliss-reactive ketones (excluding diaryl/α,β-unsaturated/α-hetero) is 1. The van der Waals surface area contributed by atoms with E-state index >= 15 is 0 Å². The number of ketones is 1. The first-order valence-electron chi connectivity index (χ1n) is 10.1. The second-order valence-electron chi connectivity index (χ2n) is 7.48. The summed E-state index contributed by atoms with van der Waals surface area (Å²) in [7, 11) is 0. The van der Waals surface area contributed by atoms with E-state index in [1.165, 1.54) is 18.3 Å². The molecule has 31 heavy (non-hydrogen) atoms. The number of amides is 2. The van der Waals surface area contributed by atoms with Crippen LogP contribution < -0.4 is 10.2 Å². The van der Waals surface area contributed by atoms with E-state index in [-0.39, 0.29) is 11.8 Å². The van der Waals surface area contributed by atoms with E-state index in [2.05, 4.69) is 15.3 Å². The fourth-order valence-corrected chi connectivity index (χ4v) is 4.68. The topological polar surface area (TPSA) is 75.2 Å². The Bertz CT molecular complexity index is 1280. The lowest BCUT2D eigenvalue weighted by Gasteiger charge is -2.29. The highest BCUT2D eigenvalue weighted by molar-refractivity contribution is 7.22. The van der Waals surface area contributed by atoms with Gasteiger partial charge in [0.15, 0.2) is 10.9 Å². The molecule has 1 N–H and O–H groups in total. The average molecular weight is 429 g/mol. The molecule has 0 bridgehead atoms. The number of urea groups is 1. The molecule has 5 rings (SSSR count). The molecule has 0 radical (unpaired) electrons. The van der Waals surface area contributed by atoms with Crippen LogP contribution in [0.3, 0.4) is 0 Å². The molecule has 0 aliphatic carbocycles. The van der Waals surface area contributed by atoms with Crippen molar-refractivity contribution in [3.8, 4) is 11.3 Å². The number of rotatable bonds is 3. The van der Waals surface area contributed by atoms with Gasteiger partial charge in [-0.2, -0.15) is 0 Å². The van der Waals surface area contributed by atoms with Gasteiger partial charge in [0, 0.05) is 24.7 Å². The van der Waals surface area contributed by atoms with Crippen LogP contribution in [0.4, 0.5) is 15.6 Å². The Morgan fingerprint density at radius 1 is 1.03 bits per heavy atom. The molecule has 0 unspecified atom stereocenters. The number of pyridine rings is 1. The molecule has 0 atom stereocenters. The molecular formula is C24H20N4O2S. The van der Waals surface area contributed by atoms with Crippen molar-refractivity contribution in [2.75, 3.05) is 16.8 Å². The Morgan fingerprint density at radius 3 is 2.74 bits per heavy atom. The number of hydrogen-bond donors (Lipinski definition) is 1. The first-order valence-corrected chi connectivity index (χ1v) is 11.0. The van der Waals surface area contributed by atoms with Crippen LogP contribution in [0.25, 0.3) is 21.5 Å². The zero-order valence-corrected chi connectivity index (χ0v) is 17.8. The van der Waals surface area contributed by atoms with Crippen LogP contribution in [0.15, 0.2) is 60.7 Å². The molecule has 154 valence electrons. The number of hydrogen-bond acceptors (Lipinski definition) is 5. The molecule has 1 aliphatic rings. The van der Waals surface area contributed by atoms with Gasteiger partial charge in [0.2, 0.25) is 0 Å². The number of carbonyl (C=O) groups is 2. The lowest BCUT2D eigenvalue weighted by atomic mass is 9.98. The van der Waals surface area contributed by atoms with Crippen molar-refractivity contribution in [2.45, 2.75) is 19.8 Å². The summed E-state index contributed by atoms with van der Waals surface area (Å²) >= 11 is 1.46.